The fourth-order valence-corrected chi connectivity index (χ4v) is 2.74. The first kappa shape index (κ1) is 15.8. The summed E-state index contributed by atoms with van der Waals surface area (Å²) in [4.78, 5) is 2.41. The number of nitrogens with zero attached hydrogens (tertiary/aromatic N) is 1. The molecule has 0 saturated heterocycles. The fourth-order valence-electron chi connectivity index (χ4n) is 2.22. The Labute approximate surface area is 135 Å². The Bertz CT molecular complexity index is 521. The first-order chi connectivity index (χ1) is 10.3. The first-order valence-corrected chi connectivity index (χ1v) is 8.12. The second kappa shape index (κ2) is 8.61. The van der Waals surface area contributed by atoms with E-state index in [1.165, 1.54) is 15.7 Å². The van der Waals surface area contributed by atoms with Crippen LogP contribution in [-0.2, 0) is 13.1 Å². The topological polar surface area (TPSA) is 3.24 Å². The van der Waals surface area contributed by atoms with E-state index >= 15 is 0 Å². The number of rotatable bonds is 8. The Morgan fingerprint density at radius 1 is 0.905 bits per heavy atom. The van der Waals surface area contributed by atoms with E-state index in [0.717, 1.165) is 25.9 Å². The van der Waals surface area contributed by atoms with Crippen molar-refractivity contribution in [1.29, 1.82) is 0 Å². The molecule has 0 heterocycles. The van der Waals surface area contributed by atoms with Crippen molar-refractivity contribution in [2.24, 2.45) is 0 Å². The molecular formula is C19H21NSe. The van der Waals surface area contributed by atoms with Crippen molar-refractivity contribution in [1.82, 2.24) is 4.90 Å². The summed E-state index contributed by atoms with van der Waals surface area (Å²) in [6.45, 7) is 5.67. The van der Waals surface area contributed by atoms with Crippen LogP contribution in [0.25, 0.3) is 0 Å². The predicted molar refractivity (Wildman–Crippen MR) is 92.3 cm³/mol. The van der Waals surface area contributed by atoms with Gasteiger partial charge in [-0.2, -0.15) is 0 Å². The summed E-state index contributed by atoms with van der Waals surface area (Å²) >= 11 is 3.25. The third kappa shape index (κ3) is 5.34. The first-order valence-electron chi connectivity index (χ1n) is 7.26. The van der Waals surface area contributed by atoms with Gasteiger partial charge >= 0.3 is 135 Å². The Morgan fingerprint density at radius 3 is 1.81 bits per heavy atom. The van der Waals surface area contributed by atoms with E-state index in [9.17, 15) is 0 Å². The van der Waals surface area contributed by atoms with E-state index < -0.39 is 0 Å². The standard InChI is InChI=1S/C19H21NSe/c1-2-3-14-19(21)20(15-17-10-6-4-7-11-17)16-18-12-8-5-9-13-18/h2,4-13H,1,3,14-16H2. The molecule has 0 N–H and O–H groups in total. The Hall–Kier alpha value is -1.63. The van der Waals surface area contributed by atoms with Crippen molar-refractivity contribution in [2.45, 2.75) is 25.9 Å². The van der Waals surface area contributed by atoms with Crippen LogP contribution in [0.1, 0.15) is 24.0 Å². The number of allylic oxidation sites excluding steroid dienone is 1. The van der Waals surface area contributed by atoms with Gasteiger partial charge in [-0.1, -0.05) is 0 Å². The zero-order valence-corrected chi connectivity index (χ0v) is 14.0. The summed E-state index contributed by atoms with van der Waals surface area (Å²) in [7, 11) is 0. The molecule has 2 rings (SSSR count). The second-order valence-electron chi connectivity index (χ2n) is 5.05. The van der Waals surface area contributed by atoms with Crippen LogP contribution >= 0.6 is 0 Å². The molecule has 0 amide bonds. The van der Waals surface area contributed by atoms with Gasteiger partial charge in [-0.25, -0.2) is 0 Å². The third-order valence-electron chi connectivity index (χ3n) is 3.35. The SMILES string of the molecule is C=CCCC(=[Se])N(Cc1ccccc1)Cc1ccccc1. The zero-order chi connectivity index (χ0) is 14.9. The molecule has 108 valence electrons. The van der Waals surface area contributed by atoms with Crippen LogP contribution in [0.2, 0.25) is 0 Å². The fraction of sp³-hybridized carbons (Fsp3) is 0.211. The normalized spacial score (nSPS) is 10.1. The zero-order valence-electron chi connectivity index (χ0n) is 12.2. The van der Waals surface area contributed by atoms with Gasteiger partial charge in [0, 0.05) is 0 Å². The molecule has 0 spiro atoms. The maximum atomic E-state index is 3.81. The minimum atomic E-state index is 0.926. The van der Waals surface area contributed by atoms with Crippen LogP contribution < -0.4 is 0 Å². The van der Waals surface area contributed by atoms with Gasteiger partial charge < -0.3 is 0 Å². The summed E-state index contributed by atoms with van der Waals surface area (Å²) in [5.41, 5.74) is 2.67. The van der Waals surface area contributed by atoms with E-state index in [1.54, 1.807) is 0 Å². The van der Waals surface area contributed by atoms with Crippen LogP contribution in [0.5, 0.6) is 0 Å². The molecule has 2 aromatic carbocycles. The van der Waals surface area contributed by atoms with Crippen molar-refractivity contribution in [2.75, 3.05) is 0 Å². The van der Waals surface area contributed by atoms with Crippen molar-refractivity contribution < 1.29 is 0 Å². The molecular weight excluding hydrogens is 321 g/mol. The molecule has 0 atom stereocenters. The van der Waals surface area contributed by atoms with Gasteiger partial charge in [0.1, 0.15) is 0 Å². The summed E-state index contributed by atoms with van der Waals surface area (Å²) in [5.74, 6) is 0. The van der Waals surface area contributed by atoms with Gasteiger partial charge in [-0.3, -0.25) is 0 Å². The van der Waals surface area contributed by atoms with Crippen LogP contribution in [-0.4, -0.2) is 25.0 Å². The van der Waals surface area contributed by atoms with E-state index in [0.29, 0.717) is 0 Å². The monoisotopic (exact) mass is 343 g/mol. The van der Waals surface area contributed by atoms with Gasteiger partial charge in [0.05, 0.1) is 0 Å². The molecule has 0 radical (unpaired) electrons. The van der Waals surface area contributed by atoms with Gasteiger partial charge in [0.2, 0.25) is 0 Å². The van der Waals surface area contributed by atoms with Crippen LogP contribution in [0.4, 0.5) is 0 Å². The maximum absolute atomic E-state index is 3.81. The van der Waals surface area contributed by atoms with Gasteiger partial charge in [0.25, 0.3) is 0 Å². The molecule has 2 heteroatoms. The summed E-state index contributed by atoms with van der Waals surface area (Å²) < 4.78 is 1.29. The van der Waals surface area contributed by atoms with Gasteiger partial charge in [0.15, 0.2) is 0 Å². The molecule has 0 fully saturated rings. The third-order valence-corrected chi connectivity index (χ3v) is 4.32. The second-order valence-corrected chi connectivity index (χ2v) is 6.04. The Morgan fingerprint density at radius 2 is 1.38 bits per heavy atom. The average Bonchev–Trinajstić information content (AvgIpc) is 2.54. The number of hydrogen-bond acceptors (Lipinski definition) is 1. The van der Waals surface area contributed by atoms with Crippen molar-refractivity contribution in [3.05, 3.63) is 84.4 Å². The van der Waals surface area contributed by atoms with E-state index in [-0.39, 0.29) is 0 Å². The molecule has 0 aliphatic carbocycles. The van der Waals surface area contributed by atoms with Gasteiger partial charge in [-0.15, -0.1) is 0 Å². The van der Waals surface area contributed by atoms with Crippen molar-refractivity contribution in [3.8, 4) is 0 Å². The predicted octanol–water partition coefficient (Wildman–Crippen LogP) is 3.95. The number of hydrogen-bond donors (Lipinski definition) is 0. The summed E-state index contributed by atoms with van der Waals surface area (Å²) in [6.07, 6.45) is 3.99. The molecule has 0 aromatic heterocycles. The minimum absolute atomic E-state index is 0.926. The summed E-state index contributed by atoms with van der Waals surface area (Å²) in [5, 5.41) is 0. The quantitative estimate of drug-likeness (QED) is 0.519. The van der Waals surface area contributed by atoms with Crippen LogP contribution in [0.15, 0.2) is 73.3 Å². The molecule has 2 aromatic rings. The van der Waals surface area contributed by atoms with Crippen LogP contribution in [0.3, 0.4) is 0 Å². The molecule has 0 unspecified atom stereocenters. The van der Waals surface area contributed by atoms with Gasteiger partial charge in [-0.05, 0) is 0 Å². The molecule has 0 saturated carbocycles. The Kier molecular flexibility index (Phi) is 6.46. The summed E-state index contributed by atoms with van der Waals surface area (Å²) in [6, 6.07) is 21.2. The van der Waals surface area contributed by atoms with Crippen molar-refractivity contribution in [3.63, 3.8) is 0 Å². The van der Waals surface area contributed by atoms with Crippen molar-refractivity contribution >= 4 is 20.1 Å². The van der Waals surface area contributed by atoms with E-state index in [2.05, 4.69) is 87.7 Å². The molecule has 0 aliphatic rings. The molecule has 1 nitrogen and oxygen atoms in total. The number of benzene rings is 2. The molecule has 0 bridgehead atoms. The van der Waals surface area contributed by atoms with Crippen LogP contribution in [0, 0.1) is 0 Å². The van der Waals surface area contributed by atoms with E-state index in [4.69, 9.17) is 0 Å². The molecule has 21 heavy (non-hydrogen) atoms. The van der Waals surface area contributed by atoms with E-state index in [1.807, 2.05) is 6.08 Å². The average molecular weight is 342 g/mol. The Balaban J connectivity index is 2.09. The molecule has 0 aliphatic heterocycles.